The van der Waals surface area contributed by atoms with E-state index < -0.39 is 11.8 Å². The third kappa shape index (κ3) is 4.98. The highest BCUT2D eigenvalue weighted by molar-refractivity contribution is 14.1. The summed E-state index contributed by atoms with van der Waals surface area (Å²) in [6.07, 6.45) is 1.71. The zero-order valence-electron chi connectivity index (χ0n) is 18.1. The van der Waals surface area contributed by atoms with Crippen molar-refractivity contribution in [3.8, 4) is 11.5 Å². The summed E-state index contributed by atoms with van der Waals surface area (Å²) in [6.45, 7) is 2.12. The SMILES string of the molecule is COc1cc(/C=C2/C(=O)N(C(=O)c3ccccc3)N=C2C)cc(I)c1OCc1ccccc1. The number of amides is 2. The van der Waals surface area contributed by atoms with E-state index in [0.717, 1.165) is 19.7 Å². The van der Waals surface area contributed by atoms with Gasteiger partial charge in [-0.05, 0) is 71.0 Å². The molecular weight excluding hydrogens is 531 g/mol. The molecule has 0 aromatic heterocycles. The van der Waals surface area contributed by atoms with Crippen molar-refractivity contribution in [2.24, 2.45) is 5.10 Å². The molecule has 0 aliphatic carbocycles. The van der Waals surface area contributed by atoms with E-state index >= 15 is 0 Å². The van der Waals surface area contributed by atoms with Gasteiger partial charge in [-0.15, -0.1) is 0 Å². The fourth-order valence-corrected chi connectivity index (χ4v) is 4.17. The summed E-state index contributed by atoms with van der Waals surface area (Å²) < 4.78 is 12.4. The maximum atomic E-state index is 13.0. The Morgan fingerprint density at radius 1 is 1.06 bits per heavy atom. The van der Waals surface area contributed by atoms with Gasteiger partial charge in [0.25, 0.3) is 11.8 Å². The number of hydrogen-bond donors (Lipinski definition) is 0. The number of hydrazone groups is 1. The second-order valence-electron chi connectivity index (χ2n) is 7.34. The van der Waals surface area contributed by atoms with E-state index in [9.17, 15) is 9.59 Å². The second-order valence-corrected chi connectivity index (χ2v) is 8.50. The molecule has 0 saturated carbocycles. The molecule has 0 atom stereocenters. The number of imide groups is 1. The lowest BCUT2D eigenvalue weighted by Gasteiger charge is -2.14. The lowest BCUT2D eigenvalue weighted by molar-refractivity contribution is -0.123. The number of carbonyl (C=O) groups is 2. The molecular formula is C26H21IN2O4. The molecule has 0 radical (unpaired) electrons. The summed E-state index contributed by atoms with van der Waals surface area (Å²) in [7, 11) is 1.57. The van der Waals surface area contributed by atoms with Crippen LogP contribution in [0.3, 0.4) is 0 Å². The van der Waals surface area contributed by atoms with Crippen LogP contribution in [0.2, 0.25) is 0 Å². The van der Waals surface area contributed by atoms with Crippen LogP contribution in [0, 0.1) is 3.57 Å². The minimum Gasteiger partial charge on any atom is -0.493 e. The highest BCUT2D eigenvalue weighted by Crippen LogP contribution is 2.35. The summed E-state index contributed by atoms with van der Waals surface area (Å²) in [4.78, 5) is 25.7. The molecule has 33 heavy (non-hydrogen) atoms. The number of ether oxygens (including phenoxy) is 2. The molecule has 0 unspecified atom stereocenters. The van der Waals surface area contributed by atoms with Crippen molar-refractivity contribution < 1.29 is 19.1 Å². The normalized spacial score (nSPS) is 14.4. The van der Waals surface area contributed by atoms with Crippen LogP contribution in [0.25, 0.3) is 6.08 Å². The van der Waals surface area contributed by atoms with Crippen molar-refractivity contribution in [2.45, 2.75) is 13.5 Å². The Labute approximate surface area is 205 Å². The third-order valence-electron chi connectivity index (χ3n) is 5.06. The largest absolute Gasteiger partial charge is 0.493 e. The average Bonchev–Trinajstić information content (AvgIpc) is 3.12. The van der Waals surface area contributed by atoms with Gasteiger partial charge in [0.05, 0.1) is 22.0 Å². The molecule has 1 aliphatic rings. The van der Waals surface area contributed by atoms with Crippen molar-refractivity contribution in [2.75, 3.05) is 7.11 Å². The minimum absolute atomic E-state index is 0.357. The Kier molecular flexibility index (Phi) is 6.88. The molecule has 0 saturated heterocycles. The summed E-state index contributed by atoms with van der Waals surface area (Å²) in [6, 6.07) is 22.2. The van der Waals surface area contributed by atoms with Crippen LogP contribution in [-0.4, -0.2) is 29.6 Å². The predicted molar refractivity (Wildman–Crippen MR) is 135 cm³/mol. The Morgan fingerprint density at radius 2 is 1.73 bits per heavy atom. The molecule has 0 fully saturated rings. The summed E-state index contributed by atoms with van der Waals surface area (Å²) >= 11 is 2.18. The predicted octanol–water partition coefficient (Wildman–Crippen LogP) is 5.32. The first-order valence-corrected chi connectivity index (χ1v) is 11.3. The fraction of sp³-hybridized carbons (Fsp3) is 0.115. The van der Waals surface area contributed by atoms with Crippen molar-refractivity contribution >= 4 is 46.2 Å². The molecule has 6 nitrogen and oxygen atoms in total. The van der Waals surface area contributed by atoms with E-state index in [1.807, 2.05) is 42.5 Å². The molecule has 0 spiro atoms. The van der Waals surface area contributed by atoms with Crippen LogP contribution >= 0.6 is 22.6 Å². The number of rotatable bonds is 6. The van der Waals surface area contributed by atoms with E-state index in [-0.39, 0.29) is 0 Å². The molecule has 1 heterocycles. The van der Waals surface area contributed by atoms with Gasteiger partial charge in [-0.3, -0.25) is 9.59 Å². The van der Waals surface area contributed by atoms with Crippen LogP contribution in [0.4, 0.5) is 0 Å². The summed E-state index contributed by atoms with van der Waals surface area (Å²) in [5.41, 5.74) is 3.03. The molecule has 166 valence electrons. The van der Waals surface area contributed by atoms with Gasteiger partial charge in [0.15, 0.2) is 11.5 Å². The van der Waals surface area contributed by atoms with Gasteiger partial charge < -0.3 is 9.47 Å². The molecule has 7 heteroatoms. The third-order valence-corrected chi connectivity index (χ3v) is 5.87. The maximum Gasteiger partial charge on any atom is 0.283 e. The number of benzene rings is 3. The zero-order valence-corrected chi connectivity index (χ0v) is 20.3. The number of halogens is 1. The first-order valence-electron chi connectivity index (χ1n) is 10.2. The van der Waals surface area contributed by atoms with Crippen molar-refractivity contribution in [3.05, 3.63) is 98.6 Å². The summed E-state index contributed by atoms with van der Waals surface area (Å²) in [5.74, 6) is 0.273. The molecule has 2 amide bonds. The number of methoxy groups -OCH3 is 1. The second kappa shape index (κ2) is 9.99. The first-order chi connectivity index (χ1) is 16.0. The molecule has 3 aromatic rings. The highest BCUT2D eigenvalue weighted by atomic mass is 127. The maximum absolute atomic E-state index is 13.0. The lowest BCUT2D eigenvalue weighted by Crippen LogP contribution is -2.29. The van der Waals surface area contributed by atoms with Gasteiger partial charge in [0.2, 0.25) is 0 Å². The van der Waals surface area contributed by atoms with Crippen molar-refractivity contribution in [3.63, 3.8) is 0 Å². The van der Waals surface area contributed by atoms with Crippen LogP contribution in [0.1, 0.15) is 28.4 Å². The Bertz CT molecular complexity index is 1250. The minimum atomic E-state index is -0.459. The van der Waals surface area contributed by atoms with Crippen molar-refractivity contribution in [1.29, 1.82) is 0 Å². The Hall–Kier alpha value is -3.46. The van der Waals surface area contributed by atoms with E-state index in [2.05, 4.69) is 27.7 Å². The quantitative estimate of drug-likeness (QED) is 0.236. The van der Waals surface area contributed by atoms with Gasteiger partial charge in [-0.1, -0.05) is 48.5 Å². The van der Waals surface area contributed by atoms with Crippen LogP contribution in [0.15, 0.2) is 83.5 Å². The van der Waals surface area contributed by atoms with Gasteiger partial charge in [-0.25, -0.2) is 0 Å². The van der Waals surface area contributed by atoms with Gasteiger partial charge in [0, 0.05) is 5.56 Å². The first kappa shape index (κ1) is 22.7. The smallest absolute Gasteiger partial charge is 0.283 e. The van der Waals surface area contributed by atoms with Gasteiger partial charge >= 0.3 is 0 Å². The number of nitrogens with zero attached hydrogens (tertiary/aromatic N) is 2. The molecule has 0 bridgehead atoms. The molecule has 4 rings (SSSR count). The van der Waals surface area contributed by atoms with E-state index in [1.165, 1.54) is 0 Å². The van der Waals surface area contributed by atoms with Gasteiger partial charge in [-0.2, -0.15) is 10.1 Å². The molecule has 3 aromatic carbocycles. The van der Waals surface area contributed by atoms with Crippen LogP contribution in [-0.2, 0) is 11.4 Å². The molecule has 1 aliphatic heterocycles. The van der Waals surface area contributed by atoms with E-state index in [4.69, 9.17) is 9.47 Å². The number of carbonyl (C=O) groups excluding carboxylic acids is 2. The van der Waals surface area contributed by atoms with Crippen LogP contribution < -0.4 is 9.47 Å². The average molecular weight is 552 g/mol. The monoisotopic (exact) mass is 552 g/mol. The van der Waals surface area contributed by atoms with Crippen molar-refractivity contribution in [1.82, 2.24) is 5.01 Å². The zero-order chi connectivity index (χ0) is 23.4. The topological polar surface area (TPSA) is 68.2 Å². The fourth-order valence-electron chi connectivity index (χ4n) is 3.38. The van der Waals surface area contributed by atoms with E-state index in [0.29, 0.717) is 35.0 Å². The summed E-state index contributed by atoms with van der Waals surface area (Å²) in [5, 5.41) is 5.11. The van der Waals surface area contributed by atoms with Crippen LogP contribution in [0.5, 0.6) is 11.5 Å². The lowest BCUT2D eigenvalue weighted by atomic mass is 10.1. The number of hydrogen-bond acceptors (Lipinski definition) is 5. The van der Waals surface area contributed by atoms with E-state index in [1.54, 1.807) is 50.4 Å². The Morgan fingerprint density at radius 3 is 2.39 bits per heavy atom. The Balaban J connectivity index is 1.58. The van der Waals surface area contributed by atoms with Gasteiger partial charge in [0.1, 0.15) is 6.61 Å². The standard InChI is InChI=1S/C26H21IN2O4/c1-17-21(26(31)29(28-17)25(30)20-11-7-4-8-12-20)13-19-14-22(27)24(23(15-19)32-2)33-16-18-9-5-3-6-10-18/h3-15H,16H2,1-2H3/b21-13+. The highest BCUT2D eigenvalue weighted by Gasteiger charge is 2.33. The molecule has 0 N–H and O–H groups in total.